The van der Waals surface area contributed by atoms with Gasteiger partial charge in [0.1, 0.15) is 6.61 Å². The summed E-state index contributed by atoms with van der Waals surface area (Å²) < 4.78 is 25.8. The van der Waals surface area contributed by atoms with E-state index < -0.39 is 19.1 Å². The van der Waals surface area contributed by atoms with E-state index in [9.17, 15) is 8.78 Å². The number of aliphatic hydroxyl groups is 1. The SMILES string of the molecule is OCC(F)(F)CNc1cnnc2ccccc12. The molecule has 0 aliphatic carbocycles. The first-order valence-electron chi connectivity index (χ1n) is 5.05. The minimum atomic E-state index is -3.15. The van der Waals surface area contributed by atoms with Crippen molar-refractivity contribution in [3.63, 3.8) is 0 Å². The van der Waals surface area contributed by atoms with Crippen LogP contribution in [0.1, 0.15) is 0 Å². The van der Waals surface area contributed by atoms with Gasteiger partial charge in [-0.2, -0.15) is 10.2 Å². The van der Waals surface area contributed by atoms with E-state index in [1.807, 2.05) is 0 Å². The Bertz CT molecular complexity index is 514. The van der Waals surface area contributed by atoms with Crippen LogP contribution >= 0.6 is 0 Å². The molecule has 0 aliphatic rings. The largest absolute Gasteiger partial charge is 0.390 e. The van der Waals surface area contributed by atoms with Crippen LogP contribution in [0.25, 0.3) is 10.9 Å². The topological polar surface area (TPSA) is 58.0 Å². The monoisotopic (exact) mass is 239 g/mol. The molecule has 0 saturated carbocycles. The highest BCUT2D eigenvalue weighted by Gasteiger charge is 2.27. The van der Waals surface area contributed by atoms with E-state index in [1.54, 1.807) is 24.3 Å². The van der Waals surface area contributed by atoms with Crippen molar-refractivity contribution in [2.75, 3.05) is 18.5 Å². The fourth-order valence-electron chi connectivity index (χ4n) is 1.43. The van der Waals surface area contributed by atoms with Crippen molar-refractivity contribution in [1.29, 1.82) is 0 Å². The Hall–Kier alpha value is -1.82. The number of hydrogen-bond acceptors (Lipinski definition) is 4. The summed E-state index contributed by atoms with van der Waals surface area (Å²) in [6, 6.07) is 7.10. The first-order valence-corrected chi connectivity index (χ1v) is 5.05. The third-order valence-corrected chi connectivity index (χ3v) is 2.32. The second kappa shape index (κ2) is 4.58. The molecule has 2 N–H and O–H groups in total. The highest BCUT2D eigenvalue weighted by atomic mass is 19.3. The molecule has 2 aromatic rings. The van der Waals surface area contributed by atoms with Gasteiger partial charge in [-0.15, -0.1) is 0 Å². The molecule has 6 heteroatoms. The zero-order valence-electron chi connectivity index (χ0n) is 8.90. The van der Waals surface area contributed by atoms with Crippen molar-refractivity contribution in [3.8, 4) is 0 Å². The maximum absolute atomic E-state index is 12.9. The summed E-state index contributed by atoms with van der Waals surface area (Å²) in [5.41, 5.74) is 1.11. The van der Waals surface area contributed by atoms with Gasteiger partial charge in [-0.1, -0.05) is 18.2 Å². The number of aromatic nitrogens is 2. The Morgan fingerprint density at radius 1 is 1.29 bits per heavy atom. The molecule has 0 atom stereocenters. The molecule has 0 amide bonds. The summed E-state index contributed by atoms with van der Waals surface area (Å²) in [5, 5.41) is 19.4. The number of fused-ring (bicyclic) bond motifs is 1. The molecule has 4 nitrogen and oxygen atoms in total. The van der Waals surface area contributed by atoms with E-state index in [0.717, 1.165) is 5.39 Å². The highest BCUT2D eigenvalue weighted by Crippen LogP contribution is 2.21. The lowest BCUT2D eigenvalue weighted by Gasteiger charge is -2.15. The Kier molecular flexibility index (Phi) is 3.14. The fourth-order valence-corrected chi connectivity index (χ4v) is 1.43. The molecule has 1 aromatic heterocycles. The average molecular weight is 239 g/mol. The molecule has 0 unspecified atom stereocenters. The van der Waals surface area contributed by atoms with Crippen molar-refractivity contribution in [2.45, 2.75) is 5.92 Å². The minimum absolute atomic E-state index is 0.476. The van der Waals surface area contributed by atoms with Gasteiger partial charge in [0.05, 0.1) is 23.9 Å². The van der Waals surface area contributed by atoms with E-state index in [4.69, 9.17) is 5.11 Å². The number of halogens is 2. The van der Waals surface area contributed by atoms with Gasteiger partial charge in [0.15, 0.2) is 0 Å². The number of alkyl halides is 2. The number of benzene rings is 1. The lowest BCUT2D eigenvalue weighted by Crippen LogP contribution is -2.31. The molecule has 0 fully saturated rings. The van der Waals surface area contributed by atoms with Crippen LogP contribution in [0.15, 0.2) is 30.5 Å². The number of nitrogens with one attached hydrogen (secondary N) is 1. The molecule has 17 heavy (non-hydrogen) atoms. The van der Waals surface area contributed by atoms with E-state index in [1.165, 1.54) is 6.20 Å². The Morgan fingerprint density at radius 2 is 2.06 bits per heavy atom. The standard InChI is InChI=1S/C11H11F2N3O/c12-11(13,7-17)6-14-10-5-15-16-9-4-2-1-3-8(9)10/h1-5,17H,6-7H2,(H,14,16). The number of nitrogens with zero attached hydrogens (tertiary/aromatic N) is 2. The van der Waals surface area contributed by atoms with Gasteiger partial charge in [0.25, 0.3) is 5.92 Å². The van der Waals surface area contributed by atoms with Crippen molar-refractivity contribution in [3.05, 3.63) is 30.5 Å². The quantitative estimate of drug-likeness (QED) is 0.852. The van der Waals surface area contributed by atoms with Gasteiger partial charge in [-0.05, 0) is 6.07 Å². The molecular formula is C11H11F2N3O. The molecule has 0 spiro atoms. The number of hydrogen-bond donors (Lipinski definition) is 2. The molecule has 0 radical (unpaired) electrons. The Labute approximate surface area is 96.3 Å². The van der Waals surface area contributed by atoms with Crippen LogP contribution in [0.2, 0.25) is 0 Å². The van der Waals surface area contributed by atoms with Crippen molar-refractivity contribution < 1.29 is 13.9 Å². The van der Waals surface area contributed by atoms with E-state index in [-0.39, 0.29) is 0 Å². The third-order valence-electron chi connectivity index (χ3n) is 2.32. The van der Waals surface area contributed by atoms with Crippen LogP contribution in [-0.2, 0) is 0 Å². The molecule has 0 saturated heterocycles. The maximum Gasteiger partial charge on any atom is 0.287 e. The van der Waals surface area contributed by atoms with Crippen LogP contribution in [0.3, 0.4) is 0 Å². The van der Waals surface area contributed by atoms with Crippen molar-refractivity contribution in [1.82, 2.24) is 10.2 Å². The van der Waals surface area contributed by atoms with Crippen LogP contribution in [0.5, 0.6) is 0 Å². The molecular weight excluding hydrogens is 228 g/mol. The Morgan fingerprint density at radius 3 is 2.82 bits per heavy atom. The van der Waals surface area contributed by atoms with Crippen LogP contribution in [0, 0.1) is 0 Å². The summed E-state index contributed by atoms with van der Waals surface area (Å²) >= 11 is 0. The molecule has 0 aliphatic heterocycles. The van der Waals surface area contributed by atoms with Crippen LogP contribution in [-0.4, -0.2) is 34.4 Å². The molecule has 2 rings (SSSR count). The molecule has 1 aromatic carbocycles. The van der Waals surface area contributed by atoms with E-state index in [2.05, 4.69) is 15.5 Å². The van der Waals surface area contributed by atoms with Gasteiger partial charge in [-0.3, -0.25) is 0 Å². The smallest absolute Gasteiger partial charge is 0.287 e. The van der Waals surface area contributed by atoms with Crippen molar-refractivity contribution >= 4 is 16.6 Å². The van der Waals surface area contributed by atoms with Crippen LogP contribution in [0.4, 0.5) is 14.5 Å². The van der Waals surface area contributed by atoms with Gasteiger partial charge in [0.2, 0.25) is 0 Å². The molecule has 0 bridgehead atoms. The zero-order chi connectivity index (χ0) is 12.3. The van der Waals surface area contributed by atoms with Gasteiger partial charge in [-0.25, -0.2) is 8.78 Å². The number of anilines is 1. The molecule has 1 heterocycles. The predicted octanol–water partition coefficient (Wildman–Crippen LogP) is 1.67. The summed E-state index contributed by atoms with van der Waals surface area (Å²) in [5.74, 6) is -3.15. The fraction of sp³-hybridized carbons (Fsp3) is 0.273. The summed E-state index contributed by atoms with van der Waals surface area (Å²) in [6.45, 7) is -1.82. The Balaban J connectivity index is 2.24. The van der Waals surface area contributed by atoms with E-state index >= 15 is 0 Å². The third kappa shape index (κ3) is 2.65. The zero-order valence-corrected chi connectivity index (χ0v) is 8.90. The minimum Gasteiger partial charge on any atom is -0.390 e. The predicted molar refractivity (Wildman–Crippen MR) is 60.1 cm³/mol. The first-order chi connectivity index (χ1) is 8.12. The molecule has 90 valence electrons. The summed E-state index contributed by atoms with van der Waals surface area (Å²) in [4.78, 5) is 0. The van der Waals surface area contributed by atoms with Gasteiger partial charge >= 0.3 is 0 Å². The number of aliphatic hydroxyl groups excluding tert-OH is 1. The summed E-state index contributed by atoms with van der Waals surface area (Å²) in [7, 11) is 0. The second-order valence-corrected chi connectivity index (χ2v) is 3.64. The van der Waals surface area contributed by atoms with Crippen molar-refractivity contribution in [2.24, 2.45) is 0 Å². The highest BCUT2D eigenvalue weighted by molar-refractivity contribution is 5.90. The van der Waals surface area contributed by atoms with Gasteiger partial charge < -0.3 is 10.4 Å². The average Bonchev–Trinajstić information content (AvgIpc) is 2.36. The lowest BCUT2D eigenvalue weighted by atomic mass is 10.2. The first kappa shape index (κ1) is 11.7. The summed E-state index contributed by atoms with van der Waals surface area (Å²) in [6.07, 6.45) is 1.38. The number of rotatable bonds is 4. The van der Waals surface area contributed by atoms with Gasteiger partial charge in [0, 0.05) is 5.39 Å². The second-order valence-electron chi connectivity index (χ2n) is 3.64. The maximum atomic E-state index is 12.9. The lowest BCUT2D eigenvalue weighted by molar-refractivity contribution is -0.0372. The van der Waals surface area contributed by atoms with Crippen LogP contribution < -0.4 is 5.32 Å². The van der Waals surface area contributed by atoms with E-state index in [0.29, 0.717) is 11.2 Å². The normalized spacial score (nSPS) is 11.7.